The lowest BCUT2D eigenvalue weighted by Gasteiger charge is -2.10. The molecule has 1 aromatic carbocycles. The molecule has 1 aliphatic rings. The number of ether oxygens (including phenoxy) is 1. The van der Waals surface area contributed by atoms with Crippen LogP contribution in [0.15, 0.2) is 24.3 Å². The molecule has 6 nitrogen and oxygen atoms in total. The van der Waals surface area contributed by atoms with Crippen molar-refractivity contribution in [3.05, 3.63) is 29.8 Å². The predicted octanol–water partition coefficient (Wildman–Crippen LogP) is 2.26. The quantitative estimate of drug-likeness (QED) is 0.608. The minimum Gasteiger partial charge on any atom is -0.480 e. The number of carbonyl (C=O) groups excluding carboxylic acids is 1. The maximum atomic E-state index is 12.1. The Labute approximate surface area is 136 Å². The molecule has 1 saturated heterocycles. The molecule has 2 rings (SSSR count). The number of benzene rings is 1. The molecule has 1 aliphatic heterocycles. The third-order valence-corrected chi connectivity index (χ3v) is 3.83. The maximum Gasteiger partial charge on any atom is 0.322 e. The third-order valence-electron chi connectivity index (χ3n) is 3.83. The summed E-state index contributed by atoms with van der Waals surface area (Å²) in [7, 11) is 0. The number of carbonyl (C=O) groups is 2. The van der Waals surface area contributed by atoms with Crippen LogP contribution in [0.4, 0.5) is 5.69 Å². The van der Waals surface area contributed by atoms with E-state index in [2.05, 4.69) is 10.6 Å². The number of rotatable bonds is 9. The summed E-state index contributed by atoms with van der Waals surface area (Å²) in [6.07, 6.45) is 5.76. The Morgan fingerprint density at radius 1 is 1.30 bits per heavy atom. The Hall–Kier alpha value is -2.08. The highest BCUT2D eigenvalue weighted by molar-refractivity contribution is 5.95. The smallest absolute Gasteiger partial charge is 0.322 e. The fourth-order valence-corrected chi connectivity index (χ4v) is 2.62. The molecule has 126 valence electrons. The second kappa shape index (κ2) is 9.15. The Balaban J connectivity index is 1.68. The van der Waals surface area contributed by atoms with Crippen molar-refractivity contribution in [1.29, 1.82) is 0 Å². The van der Waals surface area contributed by atoms with Crippen molar-refractivity contribution >= 4 is 17.6 Å². The van der Waals surface area contributed by atoms with Gasteiger partial charge in [0.05, 0.1) is 6.10 Å². The van der Waals surface area contributed by atoms with E-state index in [1.165, 1.54) is 0 Å². The molecule has 0 aromatic heterocycles. The highest BCUT2D eigenvalue weighted by Gasteiger charge is 2.14. The first-order chi connectivity index (χ1) is 11.1. The van der Waals surface area contributed by atoms with Gasteiger partial charge in [0.15, 0.2) is 0 Å². The molecule has 0 saturated carbocycles. The van der Waals surface area contributed by atoms with E-state index < -0.39 is 5.97 Å². The number of unbranched alkanes of at least 4 members (excludes halogenated alkanes) is 1. The van der Waals surface area contributed by atoms with Crippen LogP contribution >= 0.6 is 0 Å². The molecule has 1 atom stereocenters. The van der Waals surface area contributed by atoms with Crippen LogP contribution in [0, 0.1) is 0 Å². The first-order valence-corrected chi connectivity index (χ1v) is 8.10. The van der Waals surface area contributed by atoms with Gasteiger partial charge in [0.1, 0.15) is 6.54 Å². The summed E-state index contributed by atoms with van der Waals surface area (Å²) in [6, 6.07) is 6.84. The first-order valence-electron chi connectivity index (χ1n) is 8.10. The zero-order valence-electron chi connectivity index (χ0n) is 13.2. The van der Waals surface area contributed by atoms with E-state index in [1.54, 1.807) is 24.3 Å². The van der Waals surface area contributed by atoms with Crippen LogP contribution in [0.2, 0.25) is 0 Å². The van der Waals surface area contributed by atoms with Crippen LogP contribution in [-0.4, -0.2) is 42.8 Å². The zero-order valence-corrected chi connectivity index (χ0v) is 13.2. The Morgan fingerprint density at radius 2 is 2.17 bits per heavy atom. The van der Waals surface area contributed by atoms with Crippen molar-refractivity contribution in [3.63, 3.8) is 0 Å². The molecule has 0 unspecified atom stereocenters. The molecule has 1 amide bonds. The van der Waals surface area contributed by atoms with Crippen LogP contribution in [0.25, 0.3) is 0 Å². The van der Waals surface area contributed by atoms with Gasteiger partial charge < -0.3 is 20.5 Å². The number of nitrogens with one attached hydrogen (secondary N) is 2. The van der Waals surface area contributed by atoms with Crippen LogP contribution in [0.3, 0.4) is 0 Å². The summed E-state index contributed by atoms with van der Waals surface area (Å²) in [4.78, 5) is 22.6. The Morgan fingerprint density at radius 3 is 2.91 bits per heavy atom. The van der Waals surface area contributed by atoms with Crippen LogP contribution in [-0.2, 0) is 9.53 Å². The largest absolute Gasteiger partial charge is 0.480 e. The molecular formula is C17H24N2O4. The third kappa shape index (κ3) is 6.28. The van der Waals surface area contributed by atoms with Gasteiger partial charge in [0.2, 0.25) is 0 Å². The van der Waals surface area contributed by atoms with Crippen molar-refractivity contribution in [1.82, 2.24) is 5.32 Å². The summed E-state index contributed by atoms with van der Waals surface area (Å²) in [5.41, 5.74) is 1.15. The summed E-state index contributed by atoms with van der Waals surface area (Å²) >= 11 is 0. The van der Waals surface area contributed by atoms with Crippen molar-refractivity contribution in [3.8, 4) is 0 Å². The number of hydrogen-bond donors (Lipinski definition) is 3. The standard InChI is InChI=1S/C17H24N2O4/c20-16(21)12-19-14-6-3-5-13(11-14)17(22)18-9-2-1-7-15-8-4-10-23-15/h3,5-6,11,15,19H,1-2,4,7-10,12H2,(H,18,22)(H,20,21)/t15-/m1/s1. The normalized spacial score (nSPS) is 17.0. The average Bonchev–Trinajstić information content (AvgIpc) is 3.06. The van der Waals surface area contributed by atoms with Gasteiger partial charge in [-0.3, -0.25) is 9.59 Å². The lowest BCUT2D eigenvalue weighted by Crippen LogP contribution is -2.24. The summed E-state index contributed by atoms with van der Waals surface area (Å²) in [5, 5.41) is 14.3. The molecular weight excluding hydrogens is 296 g/mol. The molecule has 1 fully saturated rings. The second-order valence-electron chi connectivity index (χ2n) is 5.71. The lowest BCUT2D eigenvalue weighted by molar-refractivity contribution is -0.134. The molecule has 6 heteroatoms. The van der Waals surface area contributed by atoms with Crippen LogP contribution in [0.5, 0.6) is 0 Å². The molecule has 0 radical (unpaired) electrons. The lowest BCUT2D eigenvalue weighted by atomic mass is 10.1. The van der Waals surface area contributed by atoms with Crippen molar-refractivity contribution in [2.24, 2.45) is 0 Å². The number of hydrogen-bond acceptors (Lipinski definition) is 4. The van der Waals surface area contributed by atoms with E-state index in [0.29, 0.717) is 23.9 Å². The Kier molecular flexibility index (Phi) is 6.87. The second-order valence-corrected chi connectivity index (χ2v) is 5.71. The van der Waals surface area contributed by atoms with Gasteiger partial charge in [0.25, 0.3) is 5.91 Å². The topological polar surface area (TPSA) is 87.7 Å². The SMILES string of the molecule is O=C(O)CNc1cccc(C(=O)NCCCC[C@@H]2CCCO2)c1. The van der Waals surface area contributed by atoms with E-state index in [0.717, 1.165) is 38.7 Å². The molecule has 1 aromatic rings. The van der Waals surface area contributed by atoms with Crippen molar-refractivity contribution in [2.45, 2.75) is 38.2 Å². The highest BCUT2D eigenvalue weighted by Crippen LogP contribution is 2.17. The van der Waals surface area contributed by atoms with Gasteiger partial charge in [0, 0.05) is 24.4 Å². The number of aliphatic carboxylic acids is 1. The molecule has 0 aliphatic carbocycles. The molecule has 1 heterocycles. The van der Waals surface area contributed by atoms with E-state index >= 15 is 0 Å². The van der Waals surface area contributed by atoms with Gasteiger partial charge in [-0.15, -0.1) is 0 Å². The average molecular weight is 320 g/mol. The Bertz CT molecular complexity index is 527. The van der Waals surface area contributed by atoms with Gasteiger partial charge in [-0.25, -0.2) is 0 Å². The fourth-order valence-electron chi connectivity index (χ4n) is 2.62. The van der Waals surface area contributed by atoms with E-state index in [4.69, 9.17) is 9.84 Å². The van der Waals surface area contributed by atoms with Gasteiger partial charge >= 0.3 is 5.97 Å². The molecule has 23 heavy (non-hydrogen) atoms. The number of amides is 1. The minimum absolute atomic E-state index is 0.138. The summed E-state index contributed by atoms with van der Waals surface area (Å²) in [6.45, 7) is 1.35. The molecule has 0 bridgehead atoms. The van der Waals surface area contributed by atoms with E-state index in [9.17, 15) is 9.59 Å². The van der Waals surface area contributed by atoms with Crippen LogP contribution in [0.1, 0.15) is 42.5 Å². The monoisotopic (exact) mass is 320 g/mol. The van der Waals surface area contributed by atoms with E-state index in [-0.39, 0.29) is 12.5 Å². The highest BCUT2D eigenvalue weighted by atomic mass is 16.5. The van der Waals surface area contributed by atoms with Gasteiger partial charge in [-0.05, 0) is 50.3 Å². The van der Waals surface area contributed by atoms with Gasteiger partial charge in [-0.1, -0.05) is 6.07 Å². The van der Waals surface area contributed by atoms with E-state index in [1.807, 2.05) is 0 Å². The molecule has 3 N–H and O–H groups in total. The number of carboxylic acids is 1. The number of carboxylic acid groups (broad SMARTS) is 1. The fraction of sp³-hybridized carbons (Fsp3) is 0.529. The molecule has 0 spiro atoms. The van der Waals surface area contributed by atoms with Crippen molar-refractivity contribution in [2.75, 3.05) is 25.0 Å². The maximum absolute atomic E-state index is 12.1. The van der Waals surface area contributed by atoms with Crippen molar-refractivity contribution < 1.29 is 19.4 Å². The van der Waals surface area contributed by atoms with Crippen LogP contribution < -0.4 is 10.6 Å². The first kappa shape index (κ1) is 17.3. The summed E-state index contributed by atoms with van der Waals surface area (Å²) < 4.78 is 5.57. The van der Waals surface area contributed by atoms with Gasteiger partial charge in [-0.2, -0.15) is 0 Å². The number of anilines is 1. The zero-order chi connectivity index (χ0) is 16.5. The summed E-state index contributed by atoms with van der Waals surface area (Å²) in [5.74, 6) is -1.08. The minimum atomic E-state index is -0.939. The predicted molar refractivity (Wildman–Crippen MR) is 87.7 cm³/mol.